The first-order valence-electron chi connectivity index (χ1n) is 46.0. The highest BCUT2D eigenvalue weighted by molar-refractivity contribution is 7.00. The van der Waals surface area contributed by atoms with E-state index in [1.54, 1.807) is 0 Å². The third-order valence-corrected chi connectivity index (χ3v) is 28.0. The zero-order valence-corrected chi connectivity index (χ0v) is 76.4. The predicted octanol–water partition coefficient (Wildman–Crippen LogP) is 31.3. The van der Waals surface area contributed by atoms with Crippen molar-refractivity contribution in [2.45, 2.75) is 131 Å². The summed E-state index contributed by atoms with van der Waals surface area (Å²) in [6, 6.07) is 141. The Morgan fingerprint density at radius 1 is 0.186 bits per heavy atom. The van der Waals surface area contributed by atoms with Crippen molar-refractivity contribution in [1.82, 2.24) is 18.3 Å². The van der Waals surface area contributed by atoms with Gasteiger partial charge in [-0.3, -0.25) is 0 Å². The number of aromatic nitrogens is 4. The van der Waals surface area contributed by atoms with Gasteiger partial charge in [0.2, 0.25) is 0 Å². The van der Waals surface area contributed by atoms with Crippen LogP contribution in [0.1, 0.15) is 132 Å². The first-order valence-corrected chi connectivity index (χ1v) is 46.0. The lowest BCUT2D eigenvalue weighted by molar-refractivity contribution is 0.590. The maximum absolute atomic E-state index is 2.76. The van der Waals surface area contributed by atoms with Gasteiger partial charge >= 0.3 is 0 Å². The van der Waals surface area contributed by atoms with Crippen LogP contribution in [-0.2, 0) is 27.1 Å². The van der Waals surface area contributed by atoms with Gasteiger partial charge in [0.15, 0.2) is 0 Å². The van der Waals surface area contributed by atoms with E-state index in [4.69, 9.17) is 0 Å². The van der Waals surface area contributed by atoms with Gasteiger partial charge < -0.3 is 28.1 Å². The van der Waals surface area contributed by atoms with E-state index >= 15 is 0 Å². The van der Waals surface area contributed by atoms with Gasteiger partial charge in [0.25, 0.3) is 6.71 Å². The molecule has 0 unspecified atom stereocenters. The highest BCUT2D eigenvalue weighted by Gasteiger charge is 2.46. The zero-order chi connectivity index (χ0) is 88.2. The molecule has 6 nitrogen and oxygen atoms in total. The molecule has 0 atom stereocenters. The van der Waals surface area contributed by atoms with Crippen molar-refractivity contribution in [3.05, 3.63) is 392 Å². The molecule has 7 heteroatoms. The van der Waals surface area contributed by atoms with Crippen molar-refractivity contribution in [2.24, 2.45) is 0 Å². The topological polar surface area (TPSA) is 26.2 Å². The first kappa shape index (κ1) is 79.3. The summed E-state index contributed by atoms with van der Waals surface area (Å²) in [7, 11) is 0. The van der Waals surface area contributed by atoms with Crippen molar-refractivity contribution >= 4 is 144 Å². The van der Waals surface area contributed by atoms with Crippen LogP contribution < -0.4 is 26.2 Å². The monoisotopic (exact) mass is 1660 g/mol. The van der Waals surface area contributed by atoms with Gasteiger partial charge in [-0.2, -0.15) is 0 Å². The third-order valence-electron chi connectivity index (χ3n) is 28.0. The molecule has 626 valence electrons. The Morgan fingerprint density at radius 3 is 0.853 bits per heavy atom. The Hall–Kier alpha value is -14.4. The molecule has 0 bridgehead atoms. The summed E-state index contributed by atoms with van der Waals surface area (Å²) in [6.07, 6.45) is 0. The van der Waals surface area contributed by atoms with Gasteiger partial charge in [-0.15, -0.1) is 0 Å². The lowest BCUT2D eigenvalue weighted by Crippen LogP contribution is -2.61. The standard InChI is InChI=1S/C122H105BN6/c1-118(2,3)82-48-57-107-97(65-82)98-66-83(119(4,5)6)49-58-108(98)126(107)88-52-55-102-112(72-88)128(90-63-80(76-34-20-16-21-35-76)62-81(64-90)77-36-22-17-23-37-77)114-74-91(127-109-59-50-84(120(7,8)9)67-99(109)100-68-85(121(10,11)12)51-60-110(100)127)75-115-116(114)123(102)103-56-53-89(73-113(103)129(115)117-95(78-38-24-18-25-39-78)69-86(122(13,14)15)70-96(117)79-40-26-19-27-41-79)125-106-47-33-30-44-94(106)101-71-87(54-61-111(101)125)124-104-45-31-28-42-92(104)93-43-29-32-46-105(93)124/h16-75H,1-15H3. The fourth-order valence-electron chi connectivity index (χ4n) is 21.2. The van der Waals surface area contributed by atoms with Crippen LogP contribution in [0.25, 0.3) is 154 Å². The quantitative estimate of drug-likeness (QED) is 0.128. The van der Waals surface area contributed by atoms with Gasteiger partial charge in [0.05, 0.1) is 55.5 Å². The van der Waals surface area contributed by atoms with Crippen molar-refractivity contribution < 1.29 is 0 Å². The zero-order valence-electron chi connectivity index (χ0n) is 76.4. The Balaban J connectivity index is 0.894. The molecule has 0 saturated carbocycles. The van der Waals surface area contributed by atoms with E-state index in [-0.39, 0.29) is 33.8 Å². The number of fused-ring (bicyclic) bond motifs is 16. The van der Waals surface area contributed by atoms with E-state index in [0.717, 1.165) is 123 Å². The second kappa shape index (κ2) is 29.1. The molecular formula is C122H105BN6. The molecule has 21 aromatic rings. The summed E-state index contributed by atoms with van der Waals surface area (Å²) in [5.41, 5.74) is 38.6. The van der Waals surface area contributed by atoms with Crippen LogP contribution in [0.2, 0.25) is 0 Å². The van der Waals surface area contributed by atoms with Gasteiger partial charge in [-0.25, -0.2) is 0 Å². The minimum atomic E-state index is -0.333. The number of rotatable bonds is 10. The van der Waals surface area contributed by atoms with Crippen LogP contribution in [0.3, 0.4) is 0 Å². The maximum Gasteiger partial charge on any atom is 0.252 e. The molecular weight excluding hydrogens is 1560 g/mol. The fourth-order valence-corrected chi connectivity index (χ4v) is 21.2. The predicted molar refractivity (Wildman–Crippen MR) is 553 cm³/mol. The first-order chi connectivity index (χ1) is 62.1. The van der Waals surface area contributed by atoms with Crippen molar-refractivity contribution in [3.8, 4) is 67.3 Å². The number of hydrogen-bond acceptors (Lipinski definition) is 2. The van der Waals surface area contributed by atoms with Crippen LogP contribution in [0, 0.1) is 0 Å². The molecule has 129 heavy (non-hydrogen) atoms. The van der Waals surface area contributed by atoms with Crippen LogP contribution in [-0.4, -0.2) is 25.0 Å². The van der Waals surface area contributed by atoms with Crippen LogP contribution in [0.5, 0.6) is 0 Å². The molecule has 0 N–H and O–H groups in total. The highest BCUT2D eigenvalue weighted by Crippen LogP contribution is 2.55. The molecule has 0 spiro atoms. The summed E-state index contributed by atoms with van der Waals surface area (Å²) in [6.45, 7) is 34.9. The Morgan fingerprint density at radius 2 is 0.473 bits per heavy atom. The molecule has 0 aliphatic carbocycles. The minimum absolute atomic E-state index is 0.0873. The highest BCUT2D eigenvalue weighted by atomic mass is 15.2. The SMILES string of the molecule is CC(C)(C)c1cc(-c2ccccc2)c(N2c3cc(-n4c5ccccc5c5cc(-n6c7ccccc7c7ccccc76)ccc54)ccc3B3c4ccc(-n5c6ccc(C(C)(C)C)cc6c6cc(C(C)(C)C)ccc65)cc4N(c4cc(-c5ccccc5)cc(-c5ccccc5)c4)c4cc(-n5c6ccc(C(C)(C)C)cc6c6cc(C(C)(C)C)ccc65)cc2c43)c(-c2ccccc2)c1. The number of benzene rings is 17. The van der Waals surface area contributed by atoms with E-state index in [1.165, 1.54) is 109 Å². The number of para-hydroxylation sites is 3. The van der Waals surface area contributed by atoms with E-state index in [9.17, 15) is 0 Å². The number of anilines is 6. The van der Waals surface area contributed by atoms with Gasteiger partial charge in [-0.05, 0) is 256 Å². The van der Waals surface area contributed by atoms with E-state index in [1.807, 2.05) is 0 Å². The lowest BCUT2D eigenvalue weighted by Gasteiger charge is -2.45. The summed E-state index contributed by atoms with van der Waals surface area (Å²) >= 11 is 0. The summed E-state index contributed by atoms with van der Waals surface area (Å²) in [5.74, 6) is 0. The summed E-state index contributed by atoms with van der Waals surface area (Å²) < 4.78 is 10.2. The number of nitrogens with zero attached hydrogens (tertiary/aromatic N) is 6. The summed E-state index contributed by atoms with van der Waals surface area (Å²) in [5, 5.41) is 9.81. The third kappa shape index (κ3) is 12.9. The van der Waals surface area contributed by atoms with E-state index in [2.05, 4.69) is 496 Å². The molecule has 2 aliphatic rings. The minimum Gasteiger partial charge on any atom is -0.311 e. The second-order valence-corrected chi connectivity index (χ2v) is 41.4. The van der Waals surface area contributed by atoms with Gasteiger partial charge in [0, 0.05) is 99.7 Å². The molecule has 0 fully saturated rings. The second-order valence-electron chi connectivity index (χ2n) is 41.4. The van der Waals surface area contributed by atoms with Crippen LogP contribution >= 0.6 is 0 Å². The maximum atomic E-state index is 2.76. The molecule has 2 aliphatic heterocycles. The molecule has 0 saturated heterocycles. The van der Waals surface area contributed by atoms with Crippen molar-refractivity contribution in [1.29, 1.82) is 0 Å². The normalized spacial score (nSPS) is 13.2. The molecule has 4 aromatic heterocycles. The Labute approximate surface area is 757 Å². The van der Waals surface area contributed by atoms with E-state index < -0.39 is 0 Å². The molecule has 6 heterocycles. The molecule has 17 aromatic carbocycles. The molecule has 0 radical (unpaired) electrons. The lowest BCUT2D eigenvalue weighted by atomic mass is 9.33. The van der Waals surface area contributed by atoms with Gasteiger partial charge in [-0.1, -0.05) is 316 Å². The van der Waals surface area contributed by atoms with Crippen LogP contribution in [0.15, 0.2) is 364 Å². The van der Waals surface area contributed by atoms with E-state index in [0.29, 0.717) is 0 Å². The van der Waals surface area contributed by atoms with Crippen molar-refractivity contribution in [2.75, 3.05) is 9.80 Å². The fraction of sp³-hybridized carbons (Fsp3) is 0.164. The number of hydrogen-bond donors (Lipinski definition) is 0. The van der Waals surface area contributed by atoms with Gasteiger partial charge in [0.1, 0.15) is 0 Å². The Kier molecular flexibility index (Phi) is 17.9. The largest absolute Gasteiger partial charge is 0.311 e. The average Bonchev–Trinajstić information content (AvgIpc) is 1.41. The summed E-state index contributed by atoms with van der Waals surface area (Å²) in [4.78, 5) is 5.46. The smallest absolute Gasteiger partial charge is 0.252 e. The molecule has 23 rings (SSSR count). The Bertz CT molecular complexity index is 7870. The van der Waals surface area contributed by atoms with Crippen LogP contribution in [0.4, 0.5) is 34.1 Å². The van der Waals surface area contributed by atoms with Crippen molar-refractivity contribution in [3.63, 3.8) is 0 Å². The average molecular weight is 1670 g/mol. The molecule has 0 amide bonds.